The van der Waals surface area contributed by atoms with E-state index in [0.717, 1.165) is 16.5 Å². The quantitative estimate of drug-likeness (QED) is 0.853. The largest absolute Gasteiger partial charge is 0.360 e. The van der Waals surface area contributed by atoms with Crippen molar-refractivity contribution in [1.82, 2.24) is 14.9 Å². The van der Waals surface area contributed by atoms with Gasteiger partial charge in [0.15, 0.2) is 0 Å². The zero-order valence-corrected chi connectivity index (χ0v) is 11.3. The molecule has 1 aliphatic heterocycles. The molecule has 1 atom stereocenters. The third-order valence-electron chi connectivity index (χ3n) is 3.10. The summed E-state index contributed by atoms with van der Waals surface area (Å²) in [7, 11) is 1.73. The van der Waals surface area contributed by atoms with E-state index < -0.39 is 0 Å². The summed E-state index contributed by atoms with van der Waals surface area (Å²) in [5.74, 6) is 0.0911. The van der Waals surface area contributed by atoms with E-state index in [9.17, 15) is 4.79 Å². The highest BCUT2D eigenvalue weighted by atomic mass is 32.2. The number of rotatable bonds is 2. The third-order valence-corrected chi connectivity index (χ3v) is 4.79. The third kappa shape index (κ3) is 1.81. The first-order chi connectivity index (χ1) is 8.66. The number of aromatic nitrogens is 2. The number of amides is 1. The molecular formula is C12H11N3OS2. The zero-order valence-electron chi connectivity index (χ0n) is 9.71. The molecule has 0 radical (unpaired) electrons. The highest BCUT2D eigenvalue weighted by Crippen LogP contribution is 2.30. The molecule has 0 aliphatic carbocycles. The van der Waals surface area contributed by atoms with Crippen LogP contribution in [-0.4, -0.2) is 37.4 Å². The Hall–Kier alpha value is -1.40. The summed E-state index contributed by atoms with van der Waals surface area (Å²) in [5.41, 5.74) is 2.13. The molecule has 1 aliphatic rings. The van der Waals surface area contributed by atoms with Crippen LogP contribution in [0.15, 0.2) is 24.7 Å². The highest BCUT2D eigenvalue weighted by molar-refractivity contribution is 8.24. The number of H-pyrrole nitrogens is 1. The maximum absolute atomic E-state index is 12.0. The maximum Gasteiger partial charge on any atom is 0.241 e. The van der Waals surface area contributed by atoms with E-state index in [0.29, 0.717) is 10.7 Å². The second-order valence-electron chi connectivity index (χ2n) is 4.21. The smallest absolute Gasteiger partial charge is 0.241 e. The predicted octanol–water partition coefficient (Wildman–Crippen LogP) is 1.96. The number of nitrogens with zero attached hydrogens (tertiary/aromatic N) is 2. The SMILES string of the molecule is CN1C(=O)C(Cc2c[nH]c3cnccc23)SC1=S. The van der Waals surface area contributed by atoms with Crippen LogP contribution in [0.1, 0.15) is 5.56 Å². The van der Waals surface area contributed by atoms with E-state index in [1.807, 2.05) is 12.3 Å². The van der Waals surface area contributed by atoms with Gasteiger partial charge in [0.05, 0.1) is 17.0 Å². The van der Waals surface area contributed by atoms with E-state index in [4.69, 9.17) is 12.2 Å². The molecule has 1 N–H and O–H groups in total. The van der Waals surface area contributed by atoms with Gasteiger partial charge in [-0.05, 0) is 18.1 Å². The lowest BCUT2D eigenvalue weighted by Gasteiger charge is -2.07. The monoisotopic (exact) mass is 277 g/mol. The second-order valence-corrected chi connectivity index (χ2v) is 6.05. The summed E-state index contributed by atoms with van der Waals surface area (Å²) in [6.07, 6.45) is 6.19. The number of nitrogens with one attached hydrogen (secondary N) is 1. The first-order valence-electron chi connectivity index (χ1n) is 5.55. The Bertz CT molecular complexity index is 637. The molecule has 2 aromatic heterocycles. The number of aromatic amines is 1. The number of thioether (sulfide) groups is 1. The molecule has 6 heteroatoms. The van der Waals surface area contributed by atoms with Crippen molar-refractivity contribution in [3.63, 3.8) is 0 Å². The molecule has 1 saturated heterocycles. The fourth-order valence-corrected chi connectivity index (χ4v) is 3.54. The van der Waals surface area contributed by atoms with E-state index in [1.54, 1.807) is 24.3 Å². The van der Waals surface area contributed by atoms with Crippen molar-refractivity contribution in [2.45, 2.75) is 11.7 Å². The van der Waals surface area contributed by atoms with Crippen molar-refractivity contribution < 1.29 is 4.79 Å². The first kappa shape index (κ1) is 11.7. The van der Waals surface area contributed by atoms with Crippen LogP contribution < -0.4 is 0 Å². The van der Waals surface area contributed by atoms with Crippen LogP contribution in [0.2, 0.25) is 0 Å². The number of carbonyl (C=O) groups excluding carboxylic acids is 1. The van der Waals surface area contributed by atoms with Gasteiger partial charge in [-0.15, -0.1) is 0 Å². The molecule has 3 rings (SSSR count). The molecule has 4 nitrogen and oxygen atoms in total. The number of pyridine rings is 1. The minimum absolute atomic E-state index is 0.0911. The Labute approximate surface area is 114 Å². The Kier molecular flexibility index (Phi) is 2.83. The molecule has 3 heterocycles. The molecule has 0 spiro atoms. The first-order valence-corrected chi connectivity index (χ1v) is 6.84. The normalized spacial score (nSPS) is 20.1. The summed E-state index contributed by atoms with van der Waals surface area (Å²) >= 11 is 6.60. The van der Waals surface area contributed by atoms with Gasteiger partial charge in [-0.25, -0.2) is 0 Å². The molecule has 0 saturated carbocycles. The second kappa shape index (κ2) is 4.37. The van der Waals surface area contributed by atoms with Crippen molar-refractivity contribution in [2.24, 2.45) is 0 Å². The minimum atomic E-state index is -0.102. The number of thiocarbonyl (C=S) groups is 1. The molecule has 92 valence electrons. The molecular weight excluding hydrogens is 266 g/mol. The number of hydrogen-bond donors (Lipinski definition) is 1. The van der Waals surface area contributed by atoms with Crippen LogP contribution in [0.5, 0.6) is 0 Å². The van der Waals surface area contributed by atoms with Crippen LogP contribution in [0.25, 0.3) is 10.9 Å². The van der Waals surface area contributed by atoms with Gasteiger partial charge in [0.2, 0.25) is 5.91 Å². The van der Waals surface area contributed by atoms with Crippen LogP contribution in [0.3, 0.4) is 0 Å². The Morgan fingerprint density at radius 2 is 2.44 bits per heavy atom. The van der Waals surface area contributed by atoms with E-state index in [1.165, 1.54) is 11.8 Å². The Balaban J connectivity index is 1.89. The van der Waals surface area contributed by atoms with Crippen LogP contribution in [-0.2, 0) is 11.2 Å². The average Bonchev–Trinajstić information content (AvgIpc) is 2.89. The molecule has 1 fully saturated rings. The molecule has 18 heavy (non-hydrogen) atoms. The summed E-state index contributed by atoms with van der Waals surface area (Å²) < 4.78 is 0.659. The fraction of sp³-hybridized carbons (Fsp3) is 0.250. The van der Waals surface area contributed by atoms with Crippen molar-refractivity contribution in [1.29, 1.82) is 0 Å². The summed E-state index contributed by atoms with van der Waals surface area (Å²) in [6, 6.07) is 1.97. The van der Waals surface area contributed by atoms with Gasteiger partial charge in [0.25, 0.3) is 0 Å². The number of hydrogen-bond acceptors (Lipinski definition) is 4. The topological polar surface area (TPSA) is 49.0 Å². The highest BCUT2D eigenvalue weighted by Gasteiger charge is 2.34. The minimum Gasteiger partial charge on any atom is -0.360 e. The van der Waals surface area contributed by atoms with E-state index in [2.05, 4.69) is 9.97 Å². The molecule has 1 amide bonds. The van der Waals surface area contributed by atoms with Crippen LogP contribution in [0, 0.1) is 0 Å². The molecule has 2 aromatic rings. The number of carbonyl (C=O) groups is 1. The maximum atomic E-state index is 12.0. The average molecular weight is 277 g/mol. The summed E-state index contributed by atoms with van der Waals surface area (Å²) in [4.78, 5) is 20.8. The number of fused-ring (bicyclic) bond motifs is 1. The molecule has 0 bridgehead atoms. The lowest BCUT2D eigenvalue weighted by Crippen LogP contribution is -2.28. The lowest BCUT2D eigenvalue weighted by molar-refractivity contribution is -0.125. The van der Waals surface area contributed by atoms with Crippen LogP contribution in [0.4, 0.5) is 0 Å². The van der Waals surface area contributed by atoms with E-state index in [-0.39, 0.29) is 11.2 Å². The fourth-order valence-electron chi connectivity index (χ4n) is 2.09. The van der Waals surface area contributed by atoms with Crippen molar-refractivity contribution in [2.75, 3.05) is 7.05 Å². The van der Waals surface area contributed by atoms with Gasteiger partial charge in [0.1, 0.15) is 4.32 Å². The lowest BCUT2D eigenvalue weighted by atomic mass is 10.1. The van der Waals surface area contributed by atoms with Crippen molar-refractivity contribution in [3.8, 4) is 0 Å². The van der Waals surface area contributed by atoms with Gasteiger partial charge in [-0.1, -0.05) is 24.0 Å². The Morgan fingerprint density at radius 1 is 1.61 bits per heavy atom. The predicted molar refractivity (Wildman–Crippen MR) is 76.5 cm³/mol. The Morgan fingerprint density at radius 3 is 3.17 bits per heavy atom. The van der Waals surface area contributed by atoms with Crippen molar-refractivity contribution in [3.05, 3.63) is 30.2 Å². The van der Waals surface area contributed by atoms with Crippen LogP contribution >= 0.6 is 24.0 Å². The van der Waals surface area contributed by atoms with Gasteiger partial charge < -0.3 is 4.98 Å². The summed E-state index contributed by atoms with van der Waals surface area (Å²) in [6.45, 7) is 0. The van der Waals surface area contributed by atoms with Gasteiger partial charge in [-0.3, -0.25) is 14.7 Å². The summed E-state index contributed by atoms with van der Waals surface area (Å²) in [5, 5.41) is 1.02. The van der Waals surface area contributed by atoms with Gasteiger partial charge in [0, 0.05) is 24.8 Å². The van der Waals surface area contributed by atoms with Crippen molar-refractivity contribution >= 4 is 45.1 Å². The van der Waals surface area contributed by atoms with Gasteiger partial charge >= 0.3 is 0 Å². The zero-order chi connectivity index (χ0) is 12.7. The standard InChI is InChI=1S/C12H11N3OS2/c1-15-11(16)10(18-12(15)17)4-7-5-14-9-6-13-3-2-8(7)9/h2-3,5-6,10,14H,4H2,1H3. The molecule has 1 unspecified atom stereocenters. The molecule has 0 aromatic carbocycles. The van der Waals surface area contributed by atoms with Gasteiger partial charge in [-0.2, -0.15) is 0 Å². The van der Waals surface area contributed by atoms with E-state index >= 15 is 0 Å².